The van der Waals surface area contributed by atoms with Gasteiger partial charge in [0.05, 0.1) is 9.64 Å². The van der Waals surface area contributed by atoms with Gasteiger partial charge in [-0.2, -0.15) is 0 Å². The van der Waals surface area contributed by atoms with Crippen molar-refractivity contribution in [2.75, 3.05) is 0 Å². The van der Waals surface area contributed by atoms with Crippen LogP contribution in [0.1, 0.15) is 33.6 Å². The second kappa shape index (κ2) is 6.20. The van der Waals surface area contributed by atoms with Crippen LogP contribution in [0.25, 0.3) is 0 Å². The zero-order valence-electron chi connectivity index (χ0n) is 11.9. The summed E-state index contributed by atoms with van der Waals surface area (Å²) in [5, 5.41) is 0. The van der Waals surface area contributed by atoms with E-state index in [0.717, 1.165) is 6.42 Å². The number of benzene rings is 1. The van der Waals surface area contributed by atoms with Crippen LogP contribution in [0.2, 0.25) is 0 Å². The molecule has 0 aliphatic heterocycles. The second-order valence-electron chi connectivity index (χ2n) is 5.15. The Morgan fingerprint density at radius 3 is 2.32 bits per heavy atom. The Labute approximate surface area is 116 Å². The monoisotopic (exact) mass is 278 g/mol. The van der Waals surface area contributed by atoms with Crippen molar-refractivity contribution >= 4 is 9.84 Å². The van der Waals surface area contributed by atoms with Crippen LogP contribution in [-0.2, 0) is 9.84 Å². The third-order valence-electron chi connectivity index (χ3n) is 3.29. The van der Waals surface area contributed by atoms with E-state index in [9.17, 15) is 8.42 Å². The van der Waals surface area contributed by atoms with E-state index in [2.05, 4.69) is 12.7 Å². The van der Waals surface area contributed by atoms with Gasteiger partial charge >= 0.3 is 0 Å². The Bertz CT molecular complexity index is 552. The summed E-state index contributed by atoms with van der Waals surface area (Å²) >= 11 is 0. The highest BCUT2D eigenvalue weighted by Gasteiger charge is 2.36. The molecule has 1 aromatic carbocycles. The van der Waals surface area contributed by atoms with Gasteiger partial charge in [-0.25, -0.2) is 8.42 Å². The van der Waals surface area contributed by atoms with Crippen LogP contribution in [0.15, 0.2) is 59.5 Å². The topological polar surface area (TPSA) is 34.1 Å². The molecule has 1 atom stereocenters. The fourth-order valence-corrected chi connectivity index (χ4v) is 3.52. The fourth-order valence-electron chi connectivity index (χ4n) is 1.86. The lowest BCUT2D eigenvalue weighted by molar-refractivity contribution is 0.551. The average Bonchev–Trinajstić information content (AvgIpc) is 2.38. The van der Waals surface area contributed by atoms with Crippen molar-refractivity contribution in [2.24, 2.45) is 0 Å². The highest BCUT2D eigenvalue weighted by atomic mass is 32.2. The maximum atomic E-state index is 12.7. The first-order chi connectivity index (χ1) is 8.83. The number of hydrogen-bond acceptors (Lipinski definition) is 2. The van der Waals surface area contributed by atoms with Gasteiger partial charge in [0.15, 0.2) is 9.84 Å². The Balaban J connectivity index is 3.08. The van der Waals surface area contributed by atoms with Crippen molar-refractivity contribution in [1.29, 1.82) is 0 Å². The maximum Gasteiger partial charge on any atom is 0.187 e. The molecule has 1 unspecified atom stereocenters. The van der Waals surface area contributed by atoms with Crippen LogP contribution in [0.4, 0.5) is 0 Å². The molecule has 0 aliphatic rings. The molecular weight excluding hydrogens is 256 g/mol. The van der Waals surface area contributed by atoms with Crippen LogP contribution >= 0.6 is 0 Å². The molecule has 0 aromatic heterocycles. The lowest BCUT2D eigenvalue weighted by Gasteiger charge is -2.25. The van der Waals surface area contributed by atoms with Crippen LogP contribution in [0.5, 0.6) is 0 Å². The van der Waals surface area contributed by atoms with E-state index in [4.69, 9.17) is 0 Å². The van der Waals surface area contributed by atoms with E-state index in [0.29, 0.717) is 11.3 Å². The first-order valence-electron chi connectivity index (χ1n) is 6.40. The Kier molecular flexibility index (Phi) is 5.12. The predicted molar refractivity (Wildman–Crippen MR) is 80.9 cm³/mol. The number of sulfone groups is 1. The SMILES string of the molecule is C=CC(C)(CCC=C(C)C)S(=O)(=O)c1ccccc1. The fraction of sp³-hybridized carbons (Fsp3) is 0.375. The van der Waals surface area contributed by atoms with Crippen molar-refractivity contribution in [2.45, 2.75) is 43.3 Å². The van der Waals surface area contributed by atoms with Gasteiger partial charge in [0.2, 0.25) is 0 Å². The zero-order chi connectivity index (χ0) is 14.5. The summed E-state index contributed by atoms with van der Waals surface area (Å²) in [4.78, 5) is 0.356. The Morgan fingerprint density at radius 2 is 1.84 bits per heavy atom. The van der Waals surface area contributed by atoms with Gasteiger partial charge < -0.3 is 0 Å². The zero-order valence-corrected chi connectivity index (χ0v) is 12.7. The van der Waals surface area contributed by atoms with Crippen LogP contribution in [0.3, 0.4) is 0 Å². The minimum absolute atomic E-state index is 0.356. The largest absolute Gasteiger partial charge is 0.223 e. The minimum Gasteiger partial charge on any atom is -0.223 e. The third-order valence-corrected chi connectivity index (χ3v) is 5.78. The lowest BCUT2D eigenvalue weighted by atomic mass is 10.0. The number of rotatable bonds is 6. The van der Waals surface area contributed by atoms with Crippen molar-refractivity contribution in [3.8, 4) is 0 Å². The summed E-state index contributed by atoms with van der Waals surface area (Å²) in [5.41, 5.74) is 1.20. The molecule has 0 bridgehead atoms. The van der Waals surface area contributed by atoms with Gasteiger partial charge in [-0.1, -0.05) is 35.9 Å². The molecule has 1 aromatic rings. The van der Waals surface area contributed by atoms with Gasteiger partial charge in [-0.3, -0.25) is 0 Å². The summed E-state index contributed by atoms with van der Waals surface area (Å²) in [6, 6.07) is 8.57. The van der Waals surface area contributed by atoms with Crippen molar-refractivity contribution in [1.82, 2.24) is 0 Å². The molecule has 0 heterocycles. The van der Waals surface area contributed by atoms with E-state index in [-0.39, 0.29) is 0 Å². The van der Waals surface area contributed by atoms with Gasteiger partial charge in [0.25, 0.3) is 0 Å². The van der Waals surface area contributed by atoms with Gasteiger partial charge in [0, 0.05) is 0 Å². The molecular formula is C16H22O2S. The molecule has 19 heavy (non-hydrogen) atoms. The standard InChI is InChI=1S/C16H22O2S/c1-5-16(4,13-9-10-14(2)3)19(17,18)15-11-7-6-8-12-15/h5-8,10-12H,1,9,13H2,2-4H3. The van der Waals surface area contributed by atoms with E-state index in [1.165, 1.54) is 5.57 Å². The van der Waals surface area contributed by atoms with E-state index in [1.807, 2.05) is 19.9 Å². The summed E-state index contributed by atoms with van der Waals surface area (Å²) in [7, 11) is -3.40. The Hall–Kier alpha value is -1.35. The first kappa shape index (κ1) is 15.7. The van der Waals surface area contributed by atoms with Gasteiger partial charge in [-0.15, -0.1) is 6.58 Å². The van der Waals surface area contributed by atoms with Crippen LogP contribution in [0, 0.1) is 0 Å². The molecule has 1 rings (SSSR count). The molecule has 2 nitrogen and oxygen atoms in total. The molecule has 0 saturated heterocycles. The highest BCUT2D eigenvalue weighted by molar-refractivity contribution is 7.93. The number of hydrogen-bond donors (Lipinski definition) is 0. The number of allylic oxidation sites excluding steroid dienone is 2. The first-order valence-corrected chi connectivity index (χ1v) is 7.88. The predicted octanol–water partition coefficient (Wildman–Crippen LogP) is 4.15. The summed E-state index contributed by atoms with van der Waals surface area (Å²) in [6.45, 7) is 9.48. The van der Waals surface area contributed by atoms with Gasteiger partial charge in [-0.05, 0) is 45.7 Å². The minimum atomic E-state index is -3.40. The van der Waals surface area contributed by atoms with E-state index in [1.54, 1.807) is 37.3 Å². The molecule has 0 spiro atoms. The molecule has 0 amide bonds. The molecule has 0 radical (unpaired) electrons. The van der Waals surface area contributed by atoms with Crippen molar-refractivity contribution in [3.05, 3.63) is 54.6 Å². The van der Waals surface area contributed by atoms with Crippen molar-refractivity contribution < 1.29 is 8.42 Å². The Morgan fingerprint density at radius 1 is 1.26 bits per heavy atom. The second-order valence-corrected chi connectivity index (χ2v) is 7.56. The average molecular weight is 278 g/mol. The van der Waals surface area contributed by atoms with Crippen LogP contribution < -0.4 is 0 Å². The highest BCUT2D eigenvalue weighted by Crippen LogP contribution is 2.31. The lowest BCUT2D eigenvalue weighted by Crippen LogP contribution is -2.33. The van der Waals surface area contributed by atoms with Gasteiger partial charge in [0.1, 0.15) is 0 Å². The molecule has 3 heteroatoms. The third kappa shape index (κ3) is 3.57. The molecule has 0 fully saturated rings. The summed E-state index contributed by atoms with van der Waals surface area (Å²) in [5.74, 6) is 0. The normalized spacial score (nSPS) is 14.5. The van der Waals surface area contributed by atoms with Crippen LogP contribution in [-0.4, -0.2) is 13.2 Å². The summed E-state index contributed by atoms with van der Waals surface area (Å²) < 4.78 is 24.4. The molecule has 0 saturated carbocycles. The molecule has 0 aliphatic carbocycles. The van der Waals surface area contributed by atoms with E-state index < -0.39 is 14.6 Å². The van der Waals surface area contributed by atoms with Crippen molar-refractivity contribution in [3.63, 3.8) is 0 Å². The smallest absolute Gasteiger partial charge is 0.187 e. The quantitative estimate of drug-likeness (QED) is 0.732. The molecule has 0 N–H and O–H groups in total. The molecule has 104 valence electrons. The van der Waals surface area contributed by atoms with E-state index >= 15 is 0 Å². The maximum absolute atomic E-state index is 12.7. The summed E-state index contributed by atoms with van der Waals surface area (Å²) in [6.07, 6.45) is 4.88.